The summed E-state index contributed by atoms with van der Waals surface area (Å²) in [7, 11) is 0. The highest BCUT2D eigenvalue weighted by molar-refractivity contribution is 5.85. The highest BCUT2D eigenvalue weighted by Gasteiger charge is 2.48. The van der Waals surface area contributed by atoms with E-state index in [0.29, 0.717) is 24.8 Å². The zero-order valence-corrected chi connectivity index (χ0v) is 14.4. The van der Waals surface area contributed by atoms with E-state index in [0.717, 1.165) is 24.8 Å². The number of amides is 1. The minimum Gasteiger partial charge on any atom is -0.406 e. The SMILES string of the molecule is Cl.NC1C2CCC(C2)C1C(=O)NCCc1ccc(OC(F)(F)F)cc1. The number of rotatable bonds is 5. The van der Waals surface area contributed by atoms with Gasteiger partial charge in [-0.25, -0.2) is 0 Å². The molecule has 1 amide bonds. The molecule has 25 heavy (non-hydrogen) atoms. The van der Waals surface area contributed by atoms with Crippen molar-refractivity contribution in [1.29, 1.82) is 0 Å². The summed E-state index contributed by atoms with van der Waals surface area (Å²) in [6.45, 7) is 0.443. The predicted octanol–water partition coefficient (Wildman–Crippen LogP) is 3.04. The molecule has 0 spiro atoms. The van der Waals surface area contributed by atoms with E-state index in [1.54, 1.807) is 12.1 Å². The van der Waals surface area contributed by atoms with Crippen molar-refractivity contribution in [1.82, 2.24) is 5.32 Å². The second-order valence-electron chi connectivity index (χ2n) is 6.67. The Balaban J connectivity index is 0.00000225. The van der Waals surface area contributed by atoms with Crippen LogP contribution in [0, 0.1) is 17.8 Å². The third-order valence-corrected chi connectivity index (χ3v) is 5.15. The number of nitrogens with two attached hydrogens (primary N) is 1. The van der Waals surface area contributed by atoms with Crippen molar-refractivity contribution in [3.8, 4) is 5.75 Å². The van der Waals surface area contributed by atoms with Crippen molar-refractivity contribution in [3.63, 3.8) is 0 Å². The van der Waals surface area contributed by atoms with Crippen LogP contribution in [0.5, 0.6) is 5.75 Å². The first-order chi connectivity index (χ1) is 11.3. The minimum atomic E-state index is -4.69. The fourth-order valence-corrected chi connectivity index (χ4v) is 4.03. The molecule has 0 aromatic heterocycles. The summed E-state index contributed by atoms with van der Waals surface area (Å²) in [5.74, 6) is 0.553. The lowest BCUT2D eigenvalue weighted by molar-refractivity contribution is -0.274. The van der Waals surface area contributed by atoms with Gasteiger partial charge < -0.3 is 15.8 Å². The molecule has 2 aliphatic carbocycles. The summed E-state index contributed by atoms with van der Waals surface area (Å²) < 4.78 is 40.1. The number of alkyl halides is 3. The maximum atomic E-state index is 12.3. The van der Waals surface area contributed by atoms with Crippen molar-refractivity contribution in [3.05, 3.63) is 29.8 Å². The van der Waals surface area contributed by atoms with E-state index in [1.807, 2.05) is 0 Å². The Morgan fingerprint density at radius 3 is 2.40 bits per heavy atom. The number of hydrogen-bond donors (Lipinski definition) is 2. The topological polar surface area (TPSA) is 64.4 Å². The Hall–Kier alpha value is -1.47. The molecule has 3 N–H and O–H groups in total. The van der Waals surface area contributed by atoms with Crippen molar-refractivity contribution in [2.45, 2.75) is 38.1 Å². The molecule has 1 aromatic carbocycles. The van der Waals surface area contributed by atoms with Crippen LogP contribution in [0.15, 0.2) is 24.3 Å². The van der Waals surface area contributed by atoms with Gasteiger partial charge in [-0.05, 0) is 55.2 Å². The first-order valence-corrected chi connectivity index (χ1v) is 8.21. The van der Waals surface area contributed by atoms with E-state index in [1.165, 1.54) is 12.1 Å². The first-order valence-electron chi connectivity index (χ1n) is 8.21. The Kier molecular flexibility index (Phi) is 6.21. The van der Waals surface area contributed by atoms with E-state index in [2.05, 4.69) is 10.1 Å². The van der Waals surface area contributed by atoms with Crippen LogP contribution in [0.1, 0.15) is 24.8 Å². The summed E-state index contributed by atoms with van der Waals surface area (Å²) in [6.07, 6.45) is -0.873. The molecule has 2 bridgehead atoms. The van der Waals surface area contributed by atoms with Crippen LogP contribution in [0.25, 0.3) is 0 Å². The quantitative estimate of drug-likeness (QED) is 0.827. The van der Waals surface area contributed by atoms with Gasteiger partial charge >= 0.3 is 6.36 Å². The maximum absolute atomic E-state index is 12.3. The van der Waals surface area contributed by atoms with Gasteiger partial charge in [-0.2, -0.15) is 0 Å². The fourth-order valence-electron chi connectivity index (χ4n) is 4.03. The summed E-state index contributed by atoms with van der Waals surface area (Å²) >= 11 is 0. The molecule has 140 valence electrons. The number of nitrogens with one attached hydrogen (secondary N) is 1. The number of hydrogen-bond acceptors (Lipinski definition) is 3. The normalized spacial score (nSPS) is 27.7. The van der Waals surface area contributed by atoms with Gasteiger partial charge in [-0.1, -0.05) is 12.1 Å². The predicted molar refractivity (Wildman–Crippen MR) is 89.4 cm³/mol. The van der Waals surface area contributed by atoms with Crippen molar-refractivity contribution in [2.75, 3.05) is 6.54 Å². The molecular weight excluding hydrogens is 357 g/mol. The van der Waals surface area contributed by atoms with Crippen molar-refractivity contribution < 1.29 is 22.7 Å². The minimum absolute atomic E-state index is 0. The number of benzene rings is 1. The van der Waals surface area contributed by atoms with Crippen LogP contribution in [0.2, 0.25) is 0 Å². The highest BCUT2D eigenvalue weighted by Crippen LogP contribution is 2.47. The second-order valence-corrected chi connectivity index (χ2v) is 6.67. The van der Waals surface area contributed by atoms with Crippen LogP contribution in [-0.4, -0.2) is 24.9 Å². The summed E-state index contributed by atoms with van der Waals surface area (Å²) in [5.41, 5.74) is 6.98. The third-order valence-electron chi connectivity index (χ3n) is 5.15. The van der Waals surface area contributed by atoms with E-state index < -0.39 is 6.36 Å². The van der Waals surface area contributed by atoms with Crippen LogP contribution in [-0.2, 0) is 11.2 Å². The van der Waals surface area contributed by atoms with Gasteiger partial charge in [0.1, 0.15) is 5.75 Å². The largest absolute Gasteiger partial charge is 0.573 e. The molecule has 1 aromatic rings. The lowest BCUT2D eigenvalue weighted by Crippen LogP contribution is -2.45. The molecule has 4 unspecified atom stereocenters. The van der Waals surface area contributed by atoms with Crippen LogP contribution >= 0.6 is 12.4 Å². The molecule has 2 aliphatic rings. The Labute approximate surface area is 150 Å². The standard InChI is InChI=1S/C17H21F3N2O2.ClH/c18-17(19,20)24-13-5-1-10(2-6-13)7-8-22-16(23)14-11-3-4-12(9-11)15(14)21;/h1-2,5-6,11-12,14-15H,3-4,7-9,21H2,(H,22,23);1H. The molecule has 2 fully saturated rings. The Morgan fingerprint density at radius 1 is 1.20 bits per heavy atom. The van der Waals surface area contributed by atoms with Gasteiger partial charge in [-0.3, -0.25) is 4.79 Å². The summed E-state index contributed by atoms with van der Waals surface area (Å²) in [5, 5.41) is 2.91. The number of halogens is 4. The molecule has 4 nitrogen and oxygen atoms in total. The molecule has 0 radical (unpaired) electrons. The monoisotopic (exact) mass is 378 g/mol. The molecule has 0 saturated heterocycles. The van der Waals surface area contributed by atoms with Crippen LogP contribution in [0.4, 0.5) is 13.2 Å². The van der Waals surface area contributed by atoms with E-state index in [-0.39, 0.29) is 36.0 Å². The number of carbonyl (C=O) groups excluding carboxylic acids is 1. The summed E-state index contributed by atoms with van der Waals surface area (Å²) in [4.78, 5) is 12.3. The van der Waals surface area contributed by atoms with E-state index >= 15 is 0 Å². The Bertz CT molecular complexity index is 593. The molecule has 4 atom stereocenters. The molecular formula is C17H22ClF3N2O2. The average Bonchev–Trinajstić information content (AvgIpc) is 3.08. The van der Waals surface area contributed by atoms with E-state index in [9.17, 15) is 18.0 Å². The number of fused-ring (bicyclic) bond motifs is 2. The maximum Gasteiger partial charge on any atom is 0.573 e. The highest BCUT2D eigenvalue weighted by atomic mass is 35.5. The first kappa shape index (κ1) is 19.8. The van der Waals surface area contributed by atoms with Crippen molar-refractivity contribution in [2.24, 2.45) is 23.5 Å². The second kappa shape index (κ2) is 7.83. The van der Waals surface area contributed by atoms with Gasteiger partial charge in [0, 0.05) is 12.6 Å². The molecule has 0 heterocycles. The fraction of sp³-hybridized carbons (Fsp3) is 0.588. The van der Waals surface area contributed by atoms with Crippen LogP contribution in [0.3, 0.4) is 0 Å². The van der Waals surface area contributed by atoms with Crippen LogP contribution < -0.4 is 15.8 Å². The summed E-state index contributed by atoms with van der Waals surface area (Å²) in [6, 6.07) is 5.64. The van der Waals surface area contributed by atoms with Gasteiger partial charge in [0.2, 0.25) is 5.91 Å². The number of ether oxygens (including phenoxy) is 1. The third kappa shape index (κ3) is 4.79. The van der Waals surface area contributed by atoms with Gasteiger partial charge in [0.05, 0.1) is 5.92 Å². The smallest absolute Gasteiger partial charge is 0.406 e. The lowest BCUT2D eigenvalue weighted by Gasteiger charge is -2.27. The van der Waals surface area contributed by atoms with Gasteiger partial charge in [-0.15, -0.1) is 25.6 Å². The molecule has 0 aliphatic heterocycles. The van der Waals surface area contributed by atoms with E-state index in [4.69, 9.17) is 5.73 Å². The molecule has 3 rings (SSSR count). The van der Waals surface area contributed by atoms with Gasteiger partial charge in [0.25, 0.3) is 0 Å². The Morgan fingerprint density at radius 2 is 1.84 bits per heavy atom. The zero-order valence-electron chi connectivity index (χ0n) is 13.6. The van der Waals surface area contributed by atoms with Gasteiger partial charge in [0.15, 0.2) is 0 Å². The molecule has 8 heteroatoms. The number of carbonyl (C=O) groups is 1. The molecule has 2 saturated carbocycles. The zero-order chi connectivity index (χ0) is 17.3. The average molecular weight is 379 g/mol. The van der Waals surface area contributed by atoms with Crippen molar-refractivity contribution >= 4 is 18.3 Å². The lowest BCUT2D eigenvalue weighted by atomic mass is 9.84.